The first-order valence-corrected chi connectivity index (χ1v) is 6.68. The monoisotopic (exact) mass is 314 g/mol. The molecule has 0 radical (unpaired) electrons. The van der Waals surface area contributed by atoms with Gasteiger partial charge in [0, 0.05) is 31.7 Å². The van der Waals surface area contributed by atoms with Crippen LogP contribution in [0.25, 0.3) is 0 Å². The van der Waals surface area contributed by atoms with Crippen LogP contribution in [0.1, 0.15) is 11.6 Å². The molecule has 0 bridgehead atoms. The number of halogens is 2. The zero-order valence-corrected chi connectivity index (χ0v) is 11.6. The molecule has 1 aromatic carbocycles. The van der Waals surface area contributed by atoms with E-state index in [2.05, 4.69) is 32.7 Å². The molecule has 1 fully saturated rings. The molecule has 3 nitrogen and oxygen atoms in total. The summed E-state index contributed by atoms with van der Waals surface area (Å²) in [5.41, 5.74) is 0.563. The van der Waals surface area contributed by atoms with Crippen LogP contribution in [-0.4, -0.2) is 36.2 Å². The van der Waals surface area contributed by atoms with Crippen molar-refractivity contribution in [1.82, 2.24) is 10.2 Å². The van der Waals surface area contributed by atoms with Crippen LogP contribution in [0.2, 0.25) is 0 Å². The number of hydrogen-bond acceptors (Lipinski definition) is 3. The van der Waals surface area contributed by atoms with Crippen LogP contribution in [0.5, 0.6) is 5.75 Å². The fraction of sp³-hybridized carbons (Fsp3) is 0.385. The molecule has 0 unspecified atom stereocenters. The molecule has 0 saturated carbocycles. The van der Waals surface area contributed by atoms with E-state index in [1.54, 1.807) is 18.2 Å². The number of benzene rings is 1. The molecule has 1 atom stereocenters. The summed E-state index contributed by atoms with van der Waals surface area (Å²) in [6.45, 7) is 7.29. The lowest BCUT2D eigenvalue weighted by Gasteiger charge is -2.33. The number of rotatable bonds is 3. The van der Waals surface area contributed by atoms with Crippen molar-refractivity contribution in [3.05, 3.63) is 40.6 Å². The van der Waals surface area contributed by atoms with E-state index < -0.39 is 5.82 Å². The van der Waals surface area contributed by atoms with E-state index in [4.69, 9.17) is 0 Å². The highest BCUT2D eigenvalue weighted by atomic mass is 79.9. The zero-order valence-electron chi connectivity index (χ0n) is 10.00. The van der Waals surface area contributed by atoms with Gasteiger partial charge >= 0.3 is 0 Å². The lowest BCUT2D eigenvalue weighted by Crippen LogP contribution is -2.44. The van der Waals surface area contributed by atoms with Crippen molar-refractivity contribution in [3.63, 3.8) is 0 Å². The second kappa shape index (κ2) is 5.82. The van der Waals surface area contributed by atoms with Gasteiger partial charge in [-0.1, -0.05) is 12.1 Å². The summed E-state index contributed by atoms with van der Waals surface area (Å²) >= 11 is 3.06. The van der Waals surface area contributed by atoms with Crippen LogP contribution in [0.4, 0.5) is 4.39 Å². The Bertz CT molecular complexity index is 447. The van der Waals surface area contributed by atoms with Gasteiger partial charge in [0.15, 0.2) is 11.6 Å². The molecule has 1 heterocycles. The average molecular weight is 315 g/mol. The van der Waals surface area contributed by atoms with Crippen molar-refractivity contribution in [1.29, 1.82) is 0 Å². The largest absolute Gasteiger partial charge is 0.505 e. The first-order valence-electron chi connectivity index (χ1n) is 5.89. The van der Waals surface area contributed by atoms with Crippen LogP contribution in [0.3, 0.4) is 0 Å². The molecule has 5 heteroatoms. The summed E-state index contributed by atoms with van der Waals surface area (Å²) in [5.74, 6) is -0.915. The molecule has 0 spiro atoms. The van der Waals surface area contributed by atoms with E-state index in [0.29, 0.717) is 5.56 Å². The Kier molecular flexibility index (Phi) is 4.37. The van der Waals surface area contributed by atoms with Gasteiger partial charge in [0.05, 0.1) is 10.5 Å². The van der Waals surface area contributed by atoms with Crippen molar-refractivity contribution in [2.75, 3.05) is 26.2 Å². The van der Waals surface area contributed by atoms with E-state index >= 15 is 0 Å². The van der Waals surface area contributed by atoms with E-state index in [0.717, 1.165) is 26.2 Å². The maximum atomic E-state index is 13.7. The standard InChI is InChI=1S/C13H16BrFN2O/c1-2-11(17-7-5-16-6-8-17)9-3-4-10(14)12(15)13(9)18/h2-4,11,16,18H,1,5-8H2/t11-/m1/s1. The van der Waals surface area contributed by atoms with Crippen LogP contribution >= 0.6 is 15.9 Å². The second-order valence-corrected chi connectivity index (χ2v) is 5.12. The molecule has 98 valence electrons. The van der Waals surface area contributed by atoms with Gasteiger partial charge in [-0.15, -0.1) is 6.58 Å². The Morgan fingerprint density at radius 1 is 1.44 bits per heavy atom. The van der Waals surface area contributed by atoms with Gasteiger partial charge < -0.3 is 10.4 Å². The lowest BCUT2D eigenvalue weighted by molar-refractivity contribution is 0.200. The molecule has 0 amide bonds. The lowest BCUT2D eigenvalue weighted by atomic mass is 10.0. The van der Waals surface area contributed by atoms with Gasteiger partial charge in [-0.2, -0.15) is 0 Å². The zero-order chi connectivity index (χ0) is 13.1. The normalized spacial score (nSPS) is 18.6. The van der Waals surface area contributed by atoms with Gasteiger partial charge in [-0.3, -0.25) is 4.90 Å². The highest BCUT2D eigenvalue weighted by molar-refractivity contribution is 9.10. The van der Waals surface area contributed by atoms with Crippen LogP contribution in [-0.2, 0) is 0 Å². The predicted octanol–water partition coefficient (Wildman–Crippen LogP) is 2.43. The molecule has 0 aliphatic carbocycles. The number of phenolic OH excluding ortho intramolecular Hbond substituents is 1. The van der Waals surface area contributed by atoms with Gasteiger partial charge in [-0.25, -0.2) is 4.39 Å². The minimum Gasteiger partial charge on any atom is -0.505 e. The first-order chi connectivity index (χ1) is 8.65. The highest BCUT2D eigenvalue weighted by Gasteiger charge is 2.23. The summed E-state index contributed by atoms with van der Waals surface area (Å²) in [4.78, 5) is 2.17. The first kappa shape index (κ1) is 13.5. The van der Waals surface area contributed by atoms with Crippen molar-refractivity contribution >= 4 is 15.9 Å². The number of phenols is 1. The molecule has 1 aromatic rings. The minimum absolute atomic E-state index is 0.158. The van der Waals surface area contributed by atoms with E-state index in [1.165, 1.54) is 0 Å². The van der Waals surface area contributed by atoms with E-state index in [-0.39, 0.29) is 16.3 Å². The van der Waals surface area contributed by atoms with Crippen molar-refractivity contribution in [3.8, 4) is 5.75 Å². The smallest absolute Gasteiger partial charge is 0.179 e. The summed E-state index contributed by atoms with van der Waals surface area (Å²) < 4.78 is 14.0. The average Bonchev–Trinajstić information content (AvgIpc) is 2.41. The molecule has 2 N–H and O–H groups in total. The van der Waals surface area contributed by atoms with Crippen LogP contribution < -0.4 is 5.32 Å². The third-order valence-corrected chi connectivity index (χ3v) is 3.80. The quantitative estimate of drug-likeness (QED) is 0.841. The summed E-state index contributed by atoms with van der Waals surface area (Å²) in [5, 5.41) is 13.2. The number of nitrogens with one attached hydrogen (secondary N) is 1. The van der Waals surface area contributed by atoms with E-state index in [9.17, 15) is 9.50 Å². The fourth-order valence-corrected chi connectivity index (χ4v) is 2.55. The topological polar surface area (TPSA) is 35.5 Å². The van der Waals surface area contributed by atoms with Crippen molar-refractivity contribution < 1.29 is 9.50 Å². The van der Waals surface area contributed by atoms with Gasteiger partial charge in [0.25, 0.3) is 0 Å². The SMILES string of the molecule is C=C[C@H](c1ccc(Br)c(F)c1O)N1CCNCC1. The molecular formula is C13H16BrFN2O. The summed E-state index contributed by atoms with van der Waals surface area (Å²) in [6, 6.07) is 3.19. The fourth-order valence-electron chi connectivity index (χ4n) is 2.23. The number of hydrogen-bond donors (Lipinski definition) is 2. The number of aromatic hydroxyl groups is 1. The third kappa shape index (κ3) is 2.58. The van der Waals surface area contributed by atoms with Gasteiger partial charge in [-0.05, 0) is 22.0 Å². The molecule has 18 heavy (non-hydrogen) atoms. The third-order valence-electron chi connectivity index (χ3n) is 3.19. The number of piperazine rings is 1. The Balaban J connectivity index is 2.32. The molecule has 1 aliphatic rings. The molecule has 2 rings (SSSR count). The minimum atomic E-state index is -0.616. The van der Waals surface area contributed by atoms with Crippen LogP contribution in [0.15, 0.2) is 29.3 Å². The molecule has 1 saturated heterocycles. The Labute approximate surface area is 114 Å². The maximum Gasteiger partial charge on any atom is 0.179 e. The van der Waals surface area contributed by atoms with Gasteiger partial charge in [0.1, 0.15) is 0 Å². The number of nitrogens with zero attached hydrogens (tertiary/aromatic N) is 1. The summed E-state index contributed by atoms with van der Waals surface area (Å²) in [6.07, 6.45) is 1.74. The molecular weight excluding hydrogens is 299 g/mol. The maximum absolute atomic E-state index is 13.7. The molecule has 0 aromatic heterocycles. The highest BCUT2D eigenvalue weighted by Crippen LogP contribution is 2.34. The molecule has 1 aliphatic heterocycles. The van der Waals surface area contributed by atoms with E-state index in [1.807, 2.05) is 0 Å². The Morgan fingerprint density at radius 2 is 2.11 bits per heavy atom. The summed E-state index contributed by atoms with van der Waals surface area (Å²) in [7, 11) is 0. The second-order valence-electron chi connectivity index (χ2n) is 4.27. The Hall–Kier alpha value is -0.910. The predicted molar refractivity (Wildman–Crippen MR) is 73.1 cm³/mol. The van der Waals surface area contributed by atoms with Crippen molar-refractivity contribution in [2.24, 2.45) is 0 Å². The van der Waals surface area contributed by atoms with Crippen LogP contribution in [0, 0.1) is 5.82 Å². The van der Waals surface area contributed by atoms with Gasteiger partial charge in [0.2, 0.25) is 0 Å². The van der Waals surface area contributed by atoms with Crippen molar-refractivity contribution in [2.45, 2.75) is 6.04 Å². The Morgan fingerprint density at radius 3 is 2.72 bits per heavy atom.